The van der Waals surface area contributed by atoms with E-state index in [1.807, 2.05) is 56.4 Å². The molecule has 2 aromatic heterocycles. The average molecular weight is 342 g/mol. The van der Waals surface area contributed by atoms with Gasteiger partial charge in [0.2, 0.25) is 0 Å². The highest BCUT2D eigenvalue weighted by Gasteiger charge is 2.08. The molecule has 3 aromatic rings. The van der Waals surface area contributed by atoms with E-state index in [9.17, 15) is 4.79 Å². The van der Waals surface area contributed by atoms with Crippen LogP contribution in [0.3, 0.4) is 0 Å². The number of hydrogen-bond donors (Lipinski definition) is 1. The molecule has 0 aliphatic rings. The summed E-state index contributed by atoms with van der Waals surface area (Å²) in [4.78, 5) is 15.7. The maximum atomic E-state index is 11.6. The van der Waals surface area contributed by atoms with Crippen LogP contribution in [0.4, 0.5) is 5.82 Å². The van der Waals surface area contributed by atoms with Crippen LogP contribution in [0.5, 0.6) is 5.75 Å². The van der Waals surface area contributed by atoms with E-state index in [1.165, 1.54) is 4.52 Å². The number of anilines is 1. The Morgan fingerprint density at radius 1 is 1.20 bits per heavy atom. The van der Waals surface area contributed by atoms with Crippen LogP contribution in [0.2, 0.25) is 0 Å². The number of nitrogens with zero attached hydrogens (tertiary/aromatic N) is 5. The normalized spacial score (nSPS) is 11.2. The van der Waals surface area contributed by atoms with Crippen LogP contribution in [0.1, 0.15) is 5.56 Å². The number of aromatic nitrogens is 4. The quantitative estimate of drug-likeness (QED) is 0.690. The van der Waals surface area contributed by atoms with Crippen molar-refractivity contribution in [2.75, 3.05) is 39.2 Å². The van der Waals surface area contributed by atoms with Crippen molar-refractivity contribution < 1.29 is 4.74 Å². The van der Waals surface area contributed by atoms with Crippen LogP contribution in [0.15, 0.2) is 41.2 Å². The van der Waals surface area contributed by atoms with Crippen LogP contribution >= 0.6 is 0 Å². The lowest BCUT2D eigenvalue weighted by Gasteiger charge is -2.18. The zero-order valence-electron chi connectivity index (χ0n) is 14.6. The first kappa shape index (κ1) is 17.0. The zero-order valence-corrected chi connectivity index (χ0v) is 14.6. The second-order valence-corrected chi connectivity index (χ2v) is 6.15. The van der Waals surface area contributed by atoms with E-state index in [0.717, 1.165) is 17.9 Å². The minimum Gasteiger partial charge on any atom is -0.492 e. The molecular weight excluding hydrogens is 320 g/mol. The third kappa shape index (κ3) is 4.16. The Morgan fingerprint density at radius 2 is 2.04 bits per heavy atom. The van der Waals surface area contributed by atoms with Crippen molar-refractivity contribution >= 4 is 11.5 Å². The summed E-state index contributed by atoms with van der Waals surface area (Å²) in [7, 11) is 5.96. The Labute approximate surface area is 145 Å². The average Bonchev–Trinajstić information content (AvgIpc) is 2.95. The van der Waals surface area contributed by atoms with E-state index in [2.05, 4.69) is 20.2 Å². The summed E-state index contributed by atoms with van der Waals surface area (Å²) in [6.07, 6.45) is 0. The van der Waals surface area contributed by atoms with Crippen LogP contribution in [0, 0.1) is 0 Å². The van der Waals surface area contributed by atoms with E-state index < -0.39 is 0 Å². The largest absolute Gasteiger partial charge is 0.492 e. The van der Waals surface area contributed by atoms with Gasteiger partial charge in [0.1, 0.15) is 18.2 Å². The molecule has 0 fully saturated rings. The molecule has 0 atom stereocenters. The van der Waals surface area contributed by atoms with E-state index in [-0.39, 0.29) is 5.69 Å². The van der Waals surface area contributed by atoms with Gasteiger partial charge in [-0.25, -0.2) is 9.89 Å². The lowest BCUT2D eigenvalue weighted by Crippen LogP contribution is -2.21. The van der Waals surface area contributed by atoms with Crippen molar-refractivity contribution in [3.63, 3.8) is 0 Å². The maximum absolute atomic E-state index is 11.6. The molecular formula is C17H22N6O2. The summed E-state index contributed by atoms with van der Waals surface area (Å²) < 4.78 is 7.03. The number of likely N-dealkylation sites (N-methyl/N-ethyl adjacent to an activating group) is 1. The first-order valence-corrected chi connectivity index (χ1v) is 8.05. The molecule has 8 nitrogen and oxygen atoms in total. The van der Waals surface area contributed by atoms with Gasteiger partial charge in [0.25, 0.3) is 0 Å². The number of benzene rings is 1. The molecule has 2 heterocycles. The monoisotopic (exact) mass is 342 g/mol. The van der Waals surface area contributed by atoms with Crippen molar-refractivity contribution in [3.05, 3.63) is 52.4 Å². The second kappa shape index (κ2) is 7.35. The molecule has 3 rings (SSSR count). The summed E-state index contributed by atoms with van der Waals surface area (Å²) in [5.41, 5.74) is 1.26. The van der Waals surface area contributed by atoms with E-state index in [1.54, 1.807) is 6.07 Å². The SMILES string of the molecule is CN(C)CCOc1cccc(CN(C)c2ccc3n[nH]c(=O)n3n2)c1. The van der Waals surface area contributed by atoms with Gasteiger partial charge in [0.05, 0.1) is 0 Å². The Kier molecular flexibility index (Phi) is 4.99. The van der Waals surface area contributed by atoms with Crippen molar-refractivity contribution in [2.24, 2.45) is 0 Å². The molecule has 8 heteroatoms. The van der Waals surface area contributed by atoms with Gasteiger partial charge in [-0.3, -0.25) is 0 Å². The van der Waals surface area contributed by atoms with Gasteiger partial charge in [-0.2, -0.15) is 9.61 Å². The van der Waals surface area contributed by atoms with Gasteiger partial charge < -0.3 is 14.5 Å². The molecule has 0 spiro atoms. The molecule has 0 amide bonds. The predicted molar refractivity (Wildman–Crippen MR) is 96.2 cm³/mol. The topological polar surface area (TPSA) is 78.8 Å². The molecule has 0 radical (unpaired) electrons. The van der Waals surface area contributed by atoms with Crippen LogP contribution in [0.25, 0.3) is 5.65 Å². The highest BCUT2D eigenvalue weighted by atomic mass is 16.5. The van der Waals surface area contributed by atoms with Crippen LogP contribution in [-0.2, 0) is 6.54 Å². The van der Waals surface area contributed by atoms with Gasteiger partial charge in [-0.1, -0.05) is 12.1 Å². The fourth-order valence-corrected chi connectivity index (χ4v) is 2.43. The minimum absolute atomic E-state index is 0.346. The number of hydrogen-bond acceptors (Lipinski definition) is 6. The Morgan fingerprint density at radius 3 is 2.84 bits per heavy atom. The lowest BCUT2D eigenvalue weighted by atomic mass is 10.2. The summed E-state index contributed by atoms with van der Waals surface area (Å²) in [6, 6.07) is 11.6. The fourth-order valence-electron chi connectivity index (χ4n) is 2.43. The van der Waals surface area contributed by atoms with Gasteiger partial charge in [0, 0.05) is 20.1 Å². The fraction of sp³-hybridized carbons (Fsp3) is 0.353. The molecule has 0 unspecified atom stereocenters. The predicted octanol–water partition coefficient (Wildman–Crippen LogP) is 0.994. The Bertz CT molecular complexity index is 901. The number of nitrogens with one attached hydrogen (secondary N) is 1. The third-order valence-corrected chi connectivity index (χ3v) is 3.78. The molecule has 0 aliphatic carbocycles. The summed E-state index contributed by atoms with van der Waals surface area (Å²) >= 11 is 0. The molecule has 0 saturated carbocycles. The summed E-state index contributed by atoms with van der Waals surface area (Å²) in [5, 5.41) is 10.6. The lowest BCUT2D eigenvalue weighted by molar-refractivity contribution is 0.261. The van der Waals surface area contributed by atoms with Crippen LogP contribution < -0.4 is 15.3 Å². The first-order chi connectivity index (χ1) is 12.0. The number of ether oxygens (including phenoxy) is 1. The third-order valence-electron chi connectivity index (χ3n) is 3.78. The Hall–Kier alpha value is -2.87. The van der Waals surface area contributed by atoms with Gasteiger partial charge in [-0.15, -0.1) is 5.10 Å². The number of aromatic amines is 1. The molecule has 132 valence electrons. The smallest absolute Gasteiger partial charge is 0.364 e. The highest BCUT2D eigenvalue weighted by Crippen LogP contribution is 2.17. The number of fused-ring (bicyclic) bond motifs is 1. The van der Waals surface area contributed by atoms with Gasteiger partial charge in [-0.05, 0) is 43.9 Å². The van der Waals surface area contributed by atoms with Gasteiger partial charge >= 0.3 is 5.69 Å². The summed E-state index contributed by atoms with van der Waals surface area (Å²) in [5.74, 6) is 1.54. The first-order valence-electron chi connectivity index (χ1n) is 8.05. The summed E-state index contributed by atoms with van der Waals surface area (Å²) in [6.45, 7) is 2.16. The van der Waals surface area contributed by atoms with Crippen molar-refractivity contribution in [2.45, 2.75) is 6.54 Å². The van der Waals surface area contributed by atoms with E-state index in [0.29, 0.717) is 24.6 Å². The maximum Gasteiger partial charge on any atom is 0.364 e. The van der Waals surface area contributed by atoms with Crippen molar-refractivity contribution in [3.8, 4) is 5.75 Å². The van der Waals surface area contributed by atoms with Crippen molar-refractivity contribution in [1.29, 1.82) is 0 Å². The minimum atomic E-state index is -0.346. The molecule has 25 heavy (non-hydrogen) atoms. The molecule has 0 saturated heterocycles. The van der Waals surface area contributed by atoms with Crippen molar-refractivity contribution in [1.82, 2.24) is 24.7 Å². The Balaban J connectivity index is 1.70. The van der Waals surface area contributed by atoms with E-state index >= 15 is 0 Å². The standard InChI is InChI=1S/C17H22N6O2/c1-21(2)9-10-25-14-6-4-5-13(11-14)12-22(3)16-8-7-15-18-19-17(24)23(15)20-16/h4-8,11H,9-10,12H2,1-3H3,(H,19,24). The van der Waals surface area contributed by atoms with E-state index in [4.69, 9.17) is 4.74 Å². The molecule has 1 N–H and O–H groups in total. The molecule has 0 aliphatic heterocycles. The zero-order chi connectivity index (χ0) is 17.8. The highest BCUT2D eigenvalue weighted by molar-refractivity contribution is 5.45. The molecule has 0 bridgehead atoms. The number of H-pyrrole nitrogens is 1. The van der Waals surface area contributed by atoms with Gasteiger partial charge in [0.15, 0.2) is 5.65 Å². The van der Waals surface area contributed by atoms with Crippen LogP contribution in [-0.4, -0.2) is 59.0 Å². The number of rotatable bonds is 7. The second-order valence-electron chi connectivity index (χ2n) is 6.15. The molecule has 1 aromatic carbocycles.